The second kappa shape index (κ2) is 3.58. The summed E-state index contributed by atoms with van der Waals surface area (Å²) < 4.78 is 63.2. The van der Waals surface area contributed by atoms with Crippen LogP contribution in [0.4, 0.5) is 17.6 Å². The summed E-state index contributed by atoms with van der Waals surface area (Å²) in [5.74, 6) is -9.24. The molecule has 1 aliphatic carbocycles. The summed E-state index contributed by atoms with van der Waals surface area (Å²) in [7, 11) is -1.48. The number of halogens is 6. The van der Waals surface area contributed by atoms with Crippen molar-refractivity contribution in [1.82, 2.24) is 0 Å². The molecule has 0 amide bonds. The van der Waals surface area contributed by atoms with Crippen LogP contribution in [0.1, 0.15) is 0 Å². The van der Waals surface area contributed by atoms with Crippen LogP contribution in [0.2, 0.25) is 0 Å². The minimum absolute atomic E-state index is 0.267. The molecule has 19 heavy (non-hydrogen) atoms. The molecule has 3 rings (SSSR count). The van der Waals surface area contributed by atoms with Gasteiger partial charge in [-0.05, 0) is 5.46 Å². The predicted molar refractivity (Wildman–Crippen MR) is 61.1 cm³/mol. The summed E-state index contributed by atoms with van der Waals surface area (Å²) >= 11 is 10.9. The summed E-state index contributed by atoms with van der Waals surface area (Å²) in [6.07, 6.45) is 0. The summed E-state index contributed by atoms with van der Waals surface area (Å²) in [5.41, 5.74) is 0.267. The van der Waals surface area contributed by atoms with Crippen LogP contribution in [0.5, 0.6) is 0 Å². The number of rotatable bonds is 1. The van der Waals surface area contributed by atoms with Crippen molar-refractivity contribution in [2.45, 2.75) is 22.0 Å². The normalized spacial score (nSPS) is 38.7. The van der Waals surface area contributed by atoms with Crippen LogP contribution in [0.25, 0.3) is 0 Å². The van der Waals surface area contributed by atoms with E-state index >= 15 is 0 Å². The fraction of sp³-hybridized carbons (Fsp3) is 0.400. The van der Waals surface area contributed by atoms with Crippen LogP contribution in [0.15, 0.2) is 30.3 Å². The molecule has 2 unspecified atom stereocenters. The third-order valence-corrected chi connectivity index (χ3v) is 4.51. The third kappa shape index (κ3) is 1.27. The Morgan fingerprint density at radius 2 is 1.26 bits per heavy atom. The van der Waals surface area contributed by atoms with E-state index in [1.807, 2.05) is 0 Å². The molecular weight excluding hydrogens is 310 g/mol. The molecule has 0 spiro atoms. The molecule has 0 bridgehead atoms. The third-order valence-electron chi connectivity index (χ3n) is 3.23. The Balaban J connectivity index is 2.00. The maximum absolute atomic E-state index is 13.4. The molecule has 1 saturated heterocycles. The van der Waals surface area contributed by atoms with Crippen molar-refractivity contribution in [3.63, 3.8) is 0 Å². The average molecular weight is 315 g/mol. The first-order valence-electron chi connectivity index (χ1n) is 5.21. The lowest BCUT2D eigenvalue weighted by atomic mass is 9.79. The standard InChI is InChI=1S/C10H5BCl2F4O2/c12-7-8(13,10(16,17)9(7,14)15)19-11(18-7)6-4-2-1-3-5-6/h1-5H. The molecule has 0 aromatic heterocycles. The van der Waals surface area contributed by atoms with Crippen LogP contribution < -0.4 is 5.46 Å². The highest BCUT2D eigenvalue weighted by molar-refractivity contribution is 6.64. The molecule has 2 nitrogen and oxygen atoms in total. The van der Waals surface area contributed by atoms with Crippen LogP contribution in [0, 0.1) is 0 Å². The van der Waals surface area contributed by atoms with Crippen molar-refractivity contribution < 1.29 is 26.9 Å². The summed E-state index contributed by atoms with van der Waals surface area (Å²) in [6, 6.07) is 7.72. The van der Waals surface area contributed by atoms with Gasteiger partial charge in [-0.2, -0.15) is 17.6 Å². The van der Waals surface area contributed by atoms with Crippen LogP contribution in [-0.4, -0.2) is 29.1 Å². The summed E-state index contributed by atoms with van der Waals surface area (Å²) in [4.78, 5) is 0. The van der Waals surface area contributed by atoms with Gasteiger partial charge in [0.25, 0.3) is 0 Å². The fourth-order valence-corrected chi connectivity index (χ4v) is 2.84. The van der Waals surface area contributed by atoms with Gasteiger partial charge in [0.2, 0.25) is 10.1 Å². The summed E-state index contributed by atoms with van der Waals surface area (Å²) in [6.45, 7) is 0. The van der Waals surface area contributed by atoms with E-state index in [1.54, 1.807) is 18.2 Å². The number of fused-ring (bicyclic) bond motifs is 1. The molecule has 9 heteroatoms. The first kappa shape index (κ1) is 13.5. The number of alkyl halides is 6. The van der Waals surface area contributed by atoms with E-state index in [9.17, 15) is 17.6 Å². The molecule has 1 aliphatic heterocycles. The Morgan fingerprint density at radius 1 is 0.842 bits per heavy atom. The monoisotopic (exact) mass is 314 g/mol. The topological polar surface area (TPSA) is 18.5 Å². The van der Waals surface area contributed by atoms with Gasteiger partial charge in [0.05, 0.1) is 0 Å². The molecule has 2 fully saturated rings. The van der Waals surface area contributed by atoms with Gasteiger partial charge in [-0.25, -0.2) is 0 Å². The molecular formula is C10H5BCl2F4O2. The molecule has 0 N–H and O–H groups in total. The lowest BCUT2D eigenvalue weighted by Crippen LogP contribution is -2.83. The summed E-state index contributed by atoms with van der Waals surface area (Å²) in [5, 5.41) is -6.18. The SMILES string of the molecule is FC1(F)C(F)(F)C2(Cl)OB(c3ccccc3)OC12Cl. The highest BCUT2D eigenvalue weighted by atomic mass is 35.5. The minimum Gasteiger partial charge on any atom is -0.380 e. The molecule has 1 heterocycles. The van der Waals surface area contributed by atoms with E-state index in [4.69, 9.17) is 32.5 Å². The second-order valence-electron chi connectivity index (χ2n) is 4.32. The smallest absolute Gasteiger partial charge is 0.380 e. The van der Waals surface area contributed by atoms with E-state index in [1.165, 1.54) is 12.1 Å². The predicted octanol–water partition coefficient (Wildman–Crippen LogP) is 2.58. The van der Waals surface area contributed by atoms with Gasteiger partial charge < -0.3 is 9.31 Å². The highest BCUT2D eigenvalue weighted by Gasteiger charge is 3.00. The van der Waals surface area contributed by atoms with Crippen molar-refractivity contribution in [2.24, 2.45) is 0 Å². The lowest BCUT2D eigenvalue weighted by molar-refractivity contribution is -0.386. The van der Waals surface area contributed by atoms with E-state index in [2.05, 4.69) is 0 Å². The van der Waals surface area contributed by atoms with E-state index in [-0.39, 0.29) is 5.46 Å². The highest BCUT2D eigenvalue weighted by Crippen LogP contribution is 2.73. The van der Waals surface area contributed by atoms with E-state index in [0.717, 1.165) is 0 Å². The largest absolute Gasteiger partial charge is 0.496 e. The maximum atomic E-state index is 13.4. The van der Waals surface area contributed by atoms with Crippen LogP contribution in [0.3, 0.4) is 0 Å². The van der Waals surface area contributed by atoms with Crippen molar-refractivity contribution in [3.8, 4) is 0 Å². The Labute approximate surface area is 115 Å². The number of hydrogen-bond donors (Lipinski definition) is 0. The van der Waals surface area contributed by atoms with Gasteiger partial charge in [0.1, 0.15) is 0 Å². The number of benzene rings is 1. The van der Waals surface area contributed by atoms with Gasteiger partial charge in [-0.1, -0.05) is 53.5 Å². The second-order valence-corrected chi connectivity index (χ2v) is 5.38. The van der Waals surface area contributed by atoms with E-state index in [0.29, 0.717) is 0 Å². The first-order chi connectivity index (χ1) is 8.67. The zero-order valence-corrected chi connectivity index (χ0v) is 10.6. The van der Waals surface area contributed by atoms with Crippen molar-refractivity contribution in [1.29, 1.82) is 0 Å². The van der Waals surface area contributed by atoms with E-state index < -0.39 is 29.1 Å². The zero-order chi connectivity index (χ0) is 14.1. The number of hydrogen-bond acceptors (Lipinski definition) is 2. The Morgan fingerprint density at radius 3 is 1.68 bits per heavy atom. The average Bonchev–Trinajstić information content (AvgIpc) is 2.64. The lowest BCUT2D eigenvalue weighted by Gasteiger charge is -2.55. The molecule has 1 saturated carbocycles. The van der Waals surface area contributed by atoms with Gasteiger partial charge in [0, 0.05) is 0 Å². The molecule has 1 aromatic rings. The van der Waals surface area contributed by atoms with Gasteiger partial charge >= 0.3 is 19.0 Å². The van der Waals surface area contributed by atoms with Gasteiger partial charge in [-0.15, -0.1) is 0 Å². The Hall–Kier alpha value is -0.495. The van der Waals surface area contributed by atoms with Crippen LogP contribution >= 0.6 is 23.2 Å². The quantitative estimate of drug-likeness (QED) is 0.451. The zero-order valence-electron chi connectivity index (χ0n) is 9.05. The van der Waals surface area contributed by atoms with Crippen molar-refractivity contribution >= 4 is 35.8 Å². The maximum Gasteiger partial charge on any atom is 0.496 e. The van der Waals surface area contributed by atoms with Crippen molar-refractivity contribution in [3.05, 3.63) is 30.3 Å². The minimum atomic E-state index is -4.62. The Bertz CT molecular complexity index is 504. The van der Waals surface area contributed by atoms with Gasteiger partial charge in [0.15, 0.2) is 0 Å². The Kier molecular flexibility index (Phi) is 2.54. The molecule has 0 radical (unpaired) electrons. The van der Waals surface area contributed by atoms with Crippen molar-refractivity contribution in [2.75, 3.05) is 0 Å². The molecule has 2 atom stereocenters. The van der Waals surface area contributed by atoms with Crippen LogP contribution in [-0.2, 0) is 9.31 Å². The molecule has 1 aromatic carbocycles. The van der Waals surface area contributed by atoms with Gasteiger partial charge in [-0.3, -0.25) is 0 Å². The molecule has 102 valence electrons. The molecule has 2 aliphatic rings. The fourth-order valence-electron chi connectivity index (χ4n) is 2.11. The first-order valence-corrected chi connectivity index (χ1v) is 5.97.